The van der Waals surface area contributed by atoms with Crippen LogP contribution in [-0.2, 0) is 6.54 Å². The monoisotopic (exact) mass is 381 g/mol. The smallest absolute Gasteiger partial charge is 0.287 e. The first kappa shape index (κ1) is 19.2. The maximum atomic E-state index is 11.8. The van der Waals surface area contributed by atoms with Gasteiger partial charge in [0.25, 0.3) is 5.91 Å². The minimum absolute atomic E-state index is 0.246. The minimum atomic E-state index is -0.246. The fourth-order valence-corrected chi connectivity index (χ4v) is 2.45. The van der Waals surface area contributed by atoms with E-state index in [2.05, 4.69) is 25.9 Å². The highest BCUT2D eigenvalue weighted by Crippen LogP contribution is 2.18. The molecule has 146 valence electrons. The molecule has 0 aliphatic carbocycles. The van der Waals surface area contributed by atoms with E-state index in [-0.39, 0.29) is 5.91 Å². The topological polar surface area (TPSA) is 105 Å². The molecule has 0 saturated heterocycles. The van der Waals surface area contributed by atoms with Gasteiger partial charge in [0.2, 0.25) is 5.89 Å². The molecular weight excluding hydrogens is 358 g/mol. The van der Waals surface area contributed by atoms with Gasteiger partial charge in [0, 0.05) is 25.2 Å². The molecule has 3 aromatic rings. The highest BCUT2D eigenvalue weighted by molar-refractivity contribution is 5.91. The molecule has 8 heteroatoms. The van der Waals surface area contributed by atoms with Crippen LogP contribution in [0.3, 0.4) is 0 Å². The van der Waals surface area contributed by atoms with E-state index in [9.17, 15) is 4.79 Å². The molecule has 1 aromatic carbocycles. The molecule has 1 amide bonds. The molecule has 3 N–H and O–H groups in total. The molecule has 0 saturated carbocycles. The van der Waals surface area contributed by atoms with Gasteiger partial charge in [0.15, 0.2) is 11.7 Å². The molecule has 8 nitrogen and oxygen atoms in total. The number of hydrogen-bond donors (Lipinski definition) is 3. The Kier molecular flexibility index (Phi) is 6.84. The summed E-state index contributed by atoms with van der Waals surface area (Å²) >= 11 is 0. The lowest BCUT2D eigenvalue weighted by molar-refractivity contribution is 0.0926. The number of nitrogens with one attached hydrogen (secondary N) is 3. The molecule has 0 bridgehead atoms. The van der Waals surface area contributed by atoms with E-state index >= 15 is 0 Å². The van der Waals surface area contributed by atoms with Crippen molar-refractivity contribution in [1.82, 2.24) is 20.9 Å². The average Bonchev–Trinajstić information content (AvgIpc) is 3.42. The minimum Gasteiger partial charge on any atom is -0.459 e. The van der Waals surface area contributed by atoms with Gasteiger partial charge in [-0.15, -0.1) is 0 Å². The maximum Gasteiger partial charge on any atom is 0.287 e. The number of amides is 1. The summed E-state index contributed by atoms with van der Waals surface area (Å²) in [5.74, 6) is 1.26. The van der Waals surface area contributed by atoms with Gasteiger partial charge in [-0.1, -0.05) is 18.2 Å². The van der Waals surface area contributed by atoms with Crippen LogP contribution >= 0.6 is 0 Å². The molecular formula is C20H23N5O3. The largest absolute Gasteiger partial charge is 0.459 e. The first-order chi connectivity index (χ1) is 13.8. The fourth-order valence-electron chi connectivity index (χ4n) is 2.45. The van der Waals surface area contributed by atoms with Crippen LogP contribution in [0, 0.1) is 0 Å². The number of furan rings is 1. The number of rotatable bonds is 8. The van der Waals surface area contributed by atoms with Crippen molar-refractivity contribution in [3.05, 3.63) is 66.4 Å². The summed E-state index contributed by atoms with van der Waals surface area (Å²) in [6.45, 7) is 4.04. The highest BCUT2D eigenvalue weighted by atomic mass is 16.3. The number of hydrogen-bond acceptors (Lipinski definition) is 5. The van der Waals surface area contributed by atoms with Crippen molar-refractivity contribution in [2.45, 2.75) is 13.5 Å². The third-order valence-electron chi connectivity index (χ3n) is 3.76. The summed E-state index contributed by atoms with van der Waals surface area (Å²) in [6.07, 6.45) is 3.08. The summed E-state index contributed by atoms with van der Waals surface area (Å²) in [4.78, 5) is 20.8. The summed E-state index contributed by atoms with van der Waals surface area (Å²) in [5, 5.41) is 9.09. The van der Waals surface area contributed by atoms with Gasteiger partial charge in [-0.3, -0.25) is 4.79 Å². The Hall–Kier alpha value is -3.55. The normalized spacial score (nSPS) is 11.2. The third-order valence-corrected chi connectivity index (χ3v) is 3.76. The van der Waals surface area contributed by atoms with Crippen LogP contribution in [0.4, 0.5) is 0 Å². The van der Waals surface area contributed by atoms with E-state index in [1.807, 2.05) is 37.3 Å². The maximum absolute atomic E-state index is 11.8. The number of benzene rings is 1. The van der Waals surface area contributed by atoms with Gasteiger partial charge >= 0.3 is 0 Å². The van der Waals surface area contributed by atoms with Gasteiger partial charge in [-0.2, -0.15) is 0 Å². The third kappa shape index (κ3) is 5.47. The summed E-state index contributed by atoms with van der Waals surface area (Å²) < 4.78 is 10.6. The number of aliphatic imine (C=N–C) groups is 1. The van der Waals surface area contributed by atoms with Crippen LogP contribution < -0.4 is 16.0 Å². The Morgan fingerprint density at radius 2 is 1.86 bits per heavy atom. The second-order valence-electron chi connectivity index (χ2n) is 5.87. The fraction of sp³-hybridized carbons (Fsp3) is 0.250. The Morgan fingerprint density at radius 1 is 1.04 bits per heavy atom. The number of aromatic nitrogens is 1. The first-order valence-corrected chi connectivity index (χ1v) is 9.10. The van der Waals surface area contributed by atoms with Gasteiger partial charge in [-0.25, -0.2) is 9.98 Å². The van der Waals surface area contributed by atoms with Crippen molar-refractivity contribution < 1.29 is 13.6 Å². The summed E-state index contributed by atoms with van der Waals surface area (Å²) in [7, 11) is 0. The van der Waals surface area contributed by atoms with Gasteiger partial charge in [0.05, 0.1) is 12.8 Å². The predicted molar refractivity (Wildman–Crippen MR) is 106 cm³/mol. The second kappa shape index (κ2) is 9.96. The SMILES string of the molecule is CCNC(=NCc1coc(-c2ccccc2)n1)NCCNC(=O)c1ccco1. The lowest BCUT2D eigenvalue weighted by Gasteiger charge is -2.11. The van der Waals surface area contributed by atoms with E-state index in [4.69, 9.17) is 8.83 Å². The molecule has 3 rings (SSSR count). The zero-order valence-electron chi connectivity index (χ0n) is 15.6. The molecule has 28 heavy (non-hydrogen) atoms. The van der Waals surface area contributed by atoms with E-state index in [0.717, 1.165) is 17.8 Å². The Labute approximate surface area is 163 Å². The van der Waals surface area contributed by atoms with Gasteiger partial charge < -0.3 is 24.8 Å². The van der Waals surface area contributed by atoms with E-state index in [1.165, 1.54) is 6.26 Å². The lowest BCUT2D eigenvalue weighted by atomic mass is 10.2. The lowest BCUT2D eigenvalue weighted by Crippen LogP contribution is -2.41. The van der Waals surface area contributed by atoms with Crippen molar-refractivity contribution in [2.75, 3.05) is 19.6 Å². The summed E-state index contributed by atoms with van der Waals surface area (Å²) in [6, 6.07) is 13.0. The average molecular weight is 381 g/mol. The molecule has 0 atom stereocenters. The first-order valence-electron chi connectivity index (χ1n) is 9.10. The van der Waals surface area contributed by atoms with Crippen molar-refractivity contribution in [2.24, 2.45) is 4.99 Å². The number of carbonyl (C=O) groups is 1. The number of oxazole rings is 1. The standard InChI is InChI=1S/C20H23N5O3/c1-2-21-20(23-11-10-22-18(26)17-9-6-12-27-17)24-13-16-14-28-19(25-16)15-7-4-3-5-8-15/h3-9,12,14H,2,10-11,13H2,1H3,(H,22,26)(H2,21,23,24). The second-order valence-corrected chi connectivity index (χ2v) is 5.87. The Balaban J connectivity index is 1.48. The van der Waals surface area contributed by atoms with Crippen LogP contribution in [-0.4, -0.2) is 36.5 Å². The van der Waals surface area contributed by atoms with E-state index in [1.54, 1.807) is 18.4 Å². The molecule has 2 aromatic heterocycles. The predicted octanol–water partition coefficient (Wildman–Crippen LogP) is 2.42. The highest BCUT2D eigenvalue weighted by Gasteiger charge is 2.08. The van der Waals surface area contributed by atoms with E-state index < -0.39 is 0 Å². The molecule has 0 unspecified atom stereocenters. The van der Waals surface area contributed by atoms with Crippen LogP contribution in [0.15, 0.2) is 68.8 Å². The van der Waals surface area contributed by atoms with Gasteiger partial charge in [0.1, 0.15) is 12.0 Å². The molecule has 0 fully saturated rings. The van der Waals surface area contributed by atoms with Crippen LogP contribution in [0.2, 0.25) is 0 Å². The van der Waals surface area contributed by atoms with Crippen LogP contribution in [0.1, 0.15) is 23.2 Å². The van der Waals surface area contributed by atoms with Crippen LogP contribution in [0.25, 0.3) is 11.5 Å². The van der Waals surface area contributed by atoms with E-state index in [0.29, 0.717) is 37.2 Å². The molecule has 0 radical (unpaired) electrons. The van der Waals surface area contributed by atoms with Crippen molar-refractivity contribution in [1.29, 1.82) is 0 Å². The summed E-state index contributed by atoms with van der Waals surface area (Å²) in [5.41, 5.74) is 1.66. The molecule has 0 aliphatic heterocycles. The van der Waals surface area contributed by atoms with Gasteiger partial charge in [-0.05, 0) is 31.2 Å². The number of carbonyl (C=O) groups excluding carboxylic acids is 1. The van der Waals surface area contributed by atoms with Crippen LogP contribution in [0.5, 0.6) is 0 Å². The molecule has 0 aliphatic rings. The van der Waals surface area contributed by atoms with Crippen molar-refractivity contribution in [3.8, 4) is 11.5 Å². The Morgan fingerprint density at radius 3 is 2.61 bits per heavy atom. The quantitative estimate of drug-likeness (QED) is 0.314. The Bertz CT molecular complexity index is 888. The number of nitrogens with zero attached hydrogens (tertiary/aromatic N) is 2. The molecule has 2 heterocycles. The zero-order valence-corrected chi connectivity index (χ0v) is 15.6. The zero-order chi connectivity index (χ0) is 19.6. The van der Waals surface area contributed by atoms with Crippen molar-refractivity contribution >= 4 is 11.9 Å². The number of guanidine groups is 1. The molecule has 0 spiro atoms. The van der Waals surface area contributed by atoms with Crippen molar-refractivity contribution in [3.63, 3.8) is 0 Å².